The van der Waals surface area contributed by atoms with Crippen LogP contribution in [0.2, 0.25) is 0 Å². The van der Waals surface area contributed by atoms with E-state index in [0.29, 0.717) is 6.61 Å². The molecule has 2 heteroatoms. The molecule has 0 amide bonds. The van der Waals surface area contributed by atoms with E-state index in [0.717, 1.165) is 12.2 Å². The molecule has 0 heterocycles. The van der Waals surface area contributed by atoms with Gasteiger partial charge in [0.15, 0.2) is 0 Å². The highest BCUT2D eigenvalue weighted by Crippen LogP contribution is 2.19. The second-order valence-corrected chi connectivity index (χ2v) is 3.75. The van der Waals surface area contributed by atoms with E-state index < -0.39 is 0 Å². The zero-order chi connectivity index (χ0) is 11.1. The van der Waals surface area contributed by atoms with Gasteiger partial charge in [0.05, 0.1) is 6.61 Å². The highest BCUT2D eigenvalue weighted by molar-refractivity contribution is 5.28. The Morgan fingerprint density at radius 3 is 2.40 bits per heavy atom. The van der Waals surface area contributed by atoms with E-state index in [-0.39, 0.29) is 6.04 Å². The monoisotopic (exact) mass is 207 g/mol. The summed E-state index contributed by atoms with van der Waals surface area (Å²) in [7, 11) is 0. The molecule has 0 bridgehead atoms. The van der Waals surface area contributed by atoms with E-state index in [9.17, 15) is 0 Å². The van der Waals surface area contributed by atoms with Crippen molar-refractivity contribution in [2.75, 3.05) is 6.61 Å². The van der Waals surface area contributed by atoms with Gasteiger partial charge in [-0.3, -0.25) is 0 Å². The number of ether oxygens (including phenoxy) is 1. The first-order chi connectivity index (χ1) is 7.27. The van der Waals surface area contributed by atoms with Crippen LogP contribution in [-0.4, -0.2) is 6.61 Å². The van der Waals surface area contributed by atoms with Gasteiger partial charge >= 0.3 is 0 Å². The summed E-state index contributed by atoms with van der Waals surface area (Å²) in [6, 6.07) is 8.27. The maximum Gasteiger partial charge on any atom is 0.119 e. The number of unbranched alkanes of at least 4 members (excludes halogenated alkanes) is 1. The summed E-state index contributed by atoms with van der Waals surface area (Å²) < 4.78 is 5.38. The molecule has 15 heavy (non-hydrogen) atoms. The number of hydrogen-bond donors (Lipinski definition) is 1. The van der Waals surface area contributed by atoms with E-state index in [1.165, 1.54) is 18.4 Å². The Kier molecular flexibility index (Phi) is 5.19. The van der Waals surface area contributed by atoms with Crippen molar-refractivity contribution in [2.24, 2.45) is 5.73 Å². The van der Waals surface area contributed by atoms with E-state index >= 15 is 0 Å². The highest BCUT2D eigenvalue weighted by Gasteiger charge is 2.04. The number of benzene rings is 1. The fourth-order valence-corrected chi connectivity index (χ4v) is 1.57. The molecule has 84 valence electrons. The molecular weight excluding hydrogens is 186 g/mol. The molecule has 0 spiro atoms. The Morgan fingerprint density at radius 2 is 1.87 bits per heavy atom. The summed E-state index contributed by atoms with van der Waals surface area (Å²) in [5, 5.41) is 0. The maximum absolute atomic E-state index is 6.06. The van der Waals surface area contributed by atoms with Crippen LogP contribution >= 0.6 is 0 Å². The van der Waals surface area contributed by atoms with Gasteiger partial charge in [0.1, 0.15) is 5.75 Å². The third-order valence-corrected chi connectivity index (χ3v) is 2.49. The maximum atomic E-state index is 6.06. The lowest BCUT2D eigenvalue weighted by molar-refractivity contribution is 0.340. The average molecular weight is 207 g/mol. The van der Waals surface area contributed by atoms with Crippen LogP contribution in [0.5, 0.6) is 5.75 Å². The van der Waals surface area contributed by atoms with Gasteiger partial charge in [-0.2, -0.15) is 0 Å². The minimum absolute atomic E-state index is 0.167. The van der Waals surface area contributed by atoms with Gasteiger partial charge in [-0.25, -0.2) is 0 Å². The molecule has 0 saturated carbocycles. The Labute approximate surface area is 92.4 Å². The zero-order valence-corrected chi connectivity index (χ0v) is 9.70. The van der Waals surface area contributed by atoms with Crippen molar-refractivity contribution in [3.05, 3.63) is 29.8 Å². The SMILES string of the molecule is CCCC[C@H](N)c1ccc(OCC)cc1. The van der Waals surface area contributed by atoms with Crippen molar-refractivity contribution in [1.82, 2.24) is 0 Å². The normalized spacial score (nSPS) is 12.5. The van der Waals surface area contributed by atoms with E-state index in [4.69, 9.17) is 10.5 Å². The topological polar surface area (TPSA) is 35.2 Å². The van der Waals surface area contributed by atoms with Crippen LogP contribution < -0.4 is 10.5 Å². The number of rotatable bonds is 6. The summed E-state index contributed by atoms with van der Waals surface area (Å²) in [6.45, 7) is 4.88. The molecule has 0 unspecified atom stereocenters. The summed E-state index contributed by atoms with van der Waals surface area (Å²) in [4.78, 5) is 0. The van der Waals surface area contributed by atoms with Gasteiger partial charge in [-0.15, -0.1) is 0 Å². The molecule has 0 aliphatic heterocycles. The van der Waals surface area contributed by atoms with E-state index in [2.05, 4.69) is 19.1 Å². The summed E-state index contributed by atoms with van der Waals surface area (Å²) in [5.41, 5.74) is 7.27. The summed E-state index contributed by atoms with van der Waals surface area (Å²) in [6.07, 6.45) is 3.45. The quantitative estimate of drug-likeness (QED) is 0.777. The van der Waals surface area contributed by atoms with Crippen LogP contribution in [0.3, 0.4) is 0 Å². The Hall–Kier alpha value is -1.02. The van der Waals surface area contributed by atoms with Crippen LogP contribution in [0, 0.1) is 0 Å². The Balaban J connectivity index is 2.54. The second-order valence-electron chi connectivity index (χ2n) is 3.75. The first-order valence-electron chi connectivity index (χ1n) is 5.76. The van der Waals surface area contributed by atoms with Crippen molar-refractivity contribution in [3.63, 3.8) is 0 Å². The number of hydrogen-bond acceptors (Lipinski definition) is 2. The summed E-state index contributed by atoms with van der Waals surface area (Å²) >= 11 is 0. The summed E-state index contributed by atoms with van der Waals surface area (Å²) in [5.74, 6) is 0.920. The van der Waals surface area contributed by atoms with Crippen molar-refractivity contribution in [2.45, 2.75) is 39.2 Å². The lowest BCUT2D eigenvalue weighted by Crippen LogP contribution is -2.09. The molecule has 0 fully saturated rings. The third-order valence-electron chi connectivity index (χ3n) is 2.49. The van der Waals surface area contributed by atoms with E-state index in [1.54, 1.807) is 0 Å². The molecule has 1 atom stereocenters. The van der Waals surface area contributed by atoms with Crippen molar-refractivity contribution in [3.8, 4) is 5.75 Å². The second kappa shape index (κ2) is 6.46. The first-order valence-corrected chi connectivity index (χ1v) is 5.76. The lowest BCUT2D eigenvalue weighted by atomic mass is 10.0. The molecule has 2 N–H and O–H groups in total. The molecule has 0 radical (unpaired) electrons. The molecule has 1 aromatic rings. The van der Waals surface area contributed by atoms with Crippen molar-refractivity contribution < 1.29 is 4.74 Å². The van der Waals surface area contributed by atoms with Gasteiger partial charge in [0.25, 0.3) is 0 Å². The number of nitrogens with two attached hydrogens (primary N) is 1. The highest BCUT2D eigenvalue weighted by atomic mass is 16.5. The van der Waals surface area contributed by atoms with Gasteiger partial charge < -0.3 is 10.5 Å². The van der Waals surface area contributed by atoms with Crippen LogP contribution in [0.1, 0.15) is 44.7 Å². The molecule has 1 rings (SSSR count). The van der Waals surface area contributed by atoms with Gasteiger partial charge in [0, 0.05) is 6.04 Å². The predicted molar refractivity (Wildman–Crippen MR) is 64.1 cm³/mol. The van der Waals surface area contributed by atoms with Crippen LogP contribution in [0.4, 0.5) is 0 Å². The Morgan fingerprint density at radius 1 is 1.20 bits per heavy atom. The van der Waals surface area contributed by atoms with Crippen molar-refractivity contribution >= 4 is 0 Å². The van der Waals surface area contributed by atoms with Gasteiger partial charge in [-0.05, 0) is 31.0 Å². The largest absolute Gasteiger partial charge is 0.494 e. The molecular formula is C13H21NO. The molecule has 0 aliphatic rings. The van der Waals surface area contributed by atoms with Crippen molar-refractivity contribution in [1.29, 1.82) is 0 Å². The molecule has 1 aromatic carbocycles. The minimum Gasteiger partial charge on any atom is -0.494 e. The van der Waals surface area contributed by atoms with Crippen LogP contribution in [0.15, 0.2) is 24.3 Å². The molecule has 2 nitrogen and oxygen atoms in total. The lowest BCUT2D eigenvalue weighted by Gasteiger charge is -2.12. The van der Waals surface area contributed by atoms with Crippen LogP contribution in [-0.2, 0) is 0 Å². The first kappa shape index (κ1) is 12.1. The van der Waals surface area contributed by atoms with Gasteiger partial charge in [0.2, 0.25) is 0 Å². The van der Waals surface area contributed by atoms with Crippen LogP contribution in [0.25, 0.3) is 0 Å². The fourth-order valence-electron chi connectivity index (χ4n) is 1.57. The third kappa shape index (κ3) is 3.92. The average Bonchev–Trinajstić information content (AvgIpc) is 2.27. The minimum atomic E-state index is 0.167. The molecule has 0 aromatic heterocycles. The van der Waals surface area contributed by atoms with E-state index in [1.807, 2.05) is 19.1 Å². The zero-order valence-electron chi connectivity index (χ0n) is 9.70. The Bertz CT molecular complexity index is 268. The fraction of sp³-hybridized carbons (Fsp3) is 0.538. The predicted octanol–water partition coefficient (Wildman–Crippen LogP) is 3.28. The smallest absolute Gasteiger partial charge is 0.119 e. The molecule has 0 saturated heterocycles. The standard InChI is InChI=1S/C13H21NO/c1-3-5-6-13(14)11-7-9-12(10-8-11)15-4-2/h7-10,13H,3-6,14H2,1-2H3/t13-/m0/s1. The molecule has 0 aliphatic carbocycles. The van der Waals surface area contributed by atoms with Gasteiger partial charge in [-0.1, -0.05) is 31.9 Å².